The third kappa shape index (κ3) is 4.60. The smallest absolute Gasteiger partial charge is 0.343 e. The highest BCUT2D eigenvalue weighted by molar-refractivity contribution is 5.76. The highest BCUT2D eigenvalue weighted by Crippen LogP contribution is 2.28. The molecule has 1 N–H and O–H groups in total. The number of H-pyrrole nitrogens is 1. The normalized spacial score (nSPS) is 18.9. The number of carbonyl (C=O) groups is 1. The molecule has 0 bridgehead atoms. The van der Waals surface area contributed by atoms with Gasteiger partial charge in [-0.25, -0.2) is 18.9 Å². The van der Waals surface area contributed by atoms with E-state index in [2.05, 4.69) is 10.2 Å². The van der Waals surface area contributed by atoms with Crippen LogP contribution in [0.3, 0.4) is 0 Å². The molecule has 1 amide bonds. The third-order valence-electron chi connectivity index (χ3n) is 6.46. The zero-order chi connectivity index (χ0) is 20.2. The largest absolute Gasteiger partial charge is 0.348 e. The van der Waals surface area contributed by atoms with Crippen LogP contribution in [-0.2, 0) is 11.2 Å². The number of carbonyl (C=O) groups excluding carboxylic acids is 1. The van der Waals surface area contributed by atoms with E-state index in [0.29, 0.717) is 36.4 Å². The van der Waals surface area contributed by atoms with Gasteiger partial charge >= 0.3 is 5.69 Å². The summed E-state index contributed by atoms with van der Waals surface area (Å²) >= 11 is 0. The number of aromatic nitrogens is 3. The minimum Gasteiger partial charge on any atom is -0.343 e. The summed E-state index contributed by atoms with van der Waals surface area (Å²) < 4.78 is 15.5. The summed E-state index contributed by atoms with van der Waals surface area (Å²) in [5.74, 6) is 1.29. The van der Waals surface area contributed by atoms with Crippen molar-refractivity contribution in [3.8, 4) is 5.69 Å². The monoisotopic (exact) mass is 400 g/mol. The first-order valence-electron chi connectivity index (χ1n) is 10.8. The molecule has 1 aliphatic heterocycles. The van der Waals surface area contributed by atoms with Gasteiger partial charge in [0, 0.05) is 25.9 Å². The summed E-state index contributed by atoms with van der Waals surface area (Å²) in [6, 6.07) is 6.24. The van der Waals surface area contributed by atoms with Gasteiger partial charge in [0.1, 0.15) is 11.6 Å². The SMILES string of the molecule is O=C(CC1CCCCC1)N1CCC(Cc2n[nH]c(=O)n2-c2ccccc2F)CC1. The second-order valence-electron chi connectivity index (χ2n) is 8.47. The van der Waals surface area contributed by atoms with E-state index in [1.54, 1.807) is 18.2 Å². The molecule has 0 radical (unpaired) electrons. The van der Waals surface area contributed by atoms with Gasteiger partial charge in [-0.15, -0.1) is 0 Å². The van der Waals surface area contributed by atoms with E-state index in [4.69, 9.17) is 0 Å². The first kappa shape index (κ1) is 19.9. The second kappa shape index (κ2) is 8.93. The molecular formula is C22H29FN4O2. The molecule has 1 aliphatic carbocycles. The van der Waals surface area contributed by atoms with Crippen LogP contribution < -0.4 is 5.69 Å². The van der Waals surface area contributed by atoms with Crippen molar-refractivity contribution in [3.63, 3.8) is 0 Å². The van der Waals surface area contributed by atoms with Crippen LogP contribution in [0.15, 0.2) is 29.1 Å². The fraction of sp³-hybridized carbons (Fsp3) is 0.591. The molecule has 2 heterocycles. The van der Waals surface area contributed by atoms with Crippen molar-refractivity contribution in [1.82, 2.24) is 19.7 Å². The molecule has 0 spiro atoms. The number of nitrogens with one attached hydrogen (secondary N) is 1. The Morgan fingerprint density at radius 3 is 2.52 bits per heavy atom. The summed E-state index contributed by atoms with van der Waals surface area (Å²) in [7, 11) is 0. The van der Waals surface area contributed by atoms with E-state index >= 15 is 0 Å². The van der Waals surface area contributed by atoms with E-state index in [9.17, 15) is 14.0 Å². The van der Waals surface area contributed by atoms with Crippen LogP contribution in [0, 0.1) is 17.7 Å². The summed E-state index contributed by atoms with van der Waals surface area (Å²) in [5.41, 5.74) is -0.202. The van der Waals surface area contributed by atoms with Gasteiger partial charge in [-0.1, -0.05) is 31.4 Å². The van der Waals surface area contributed by atoms with Crippen LogP contribution in [0.5, 0.6) is 0 Å². The Labute approximate surface area is 170 Å². The van der Waals surface area contributed by atoms with Gasteiger partial charge in [0.2, 0.25) is 5.91 Å². The standard InChI is InChI=1S/C22H29FN4O2/c23-18-8-4-5-9-19(18)27-20(24-25-22(27)29)14-17-10-12-26(13-11-17)21(28)15-16-6-2-1-3-7-16/h4-5,8-9,16-17H,1-3,6-7,10-15H2,(H,25,29). The molecule has 1 aromatic heterocycles. The second-order valence-corrected chi connectivity index (χ2v) is 8.47. The van der Waals surface area contributed by atoms with E-state index in [-0.39, 0.29) is 5.69 Å². The number of piperidine rings is 1. The van der Waals surface area contributed by atoms with Crippen molar-refractivity contribution in [1.29, 1.82) is 0 Å². The van der Waals surface area contributed by atoms with Crippen LogP contribution in [0.25, 0.3) is 5.69 Å². The van der Waals surface area contributed by atoms with Crippen molar-refractivity contribution < 1.29 is 9.18 Å². The van der Waals surface area contributed by atoms with Crippen LogP contribution in [0.1, 0.15) is 57.2 Å². The maximum Gasteiger partial charge on any atom is 0.348 e. The number of rotatable bonds is 5. The highest BCUT2D eigenvalue weighted by Gasteiger charge is 2.27. The topological polar surface area (TPSA) is 71.0 Å². The Morgan fingerprint density at radius 2 is 1.79 bits per heavy atom. The summed E-state index contributed by atoms with van der Waals surface area (Å²) in [6.45, 7) is 1.51. The van der Waals surface area contributed by atoms with Gasteiger partial charge in [-0.3, -0.25) is 4.79 Å². The number of halogens is 1. The summed E-state index contributed by atoms with van der Waals surface area (Å²) in [5, 5.41) is 6.59. The van der Waals surface area contributed by atoms with Crippen molar-refractivity contribution in [2.45, 2.75) is 57.8 Å². The highest BCUT2D eigenvalue weighted by atomic mass is 19.1. The zero-order valence-corrected chi connectivity index (χ0v) is 16.8. The molecule has 1 saturated carbocycles. The fourth-order valence-corrected chi connectivity index (χ4v) is 4.76. The molecule has 156 valence electrons. The Kier molecular flexibility index (Phi) is 6.11. The number of hydrogen-bond donors (Lipinski definition) is 1. The van der Waals surface area contributed by atoms with Crippen LogP contribution in [-0.4, -0.2) is 38.7 Å². The molecule has 0 unspecified atom stereocenters. The molecular weight excluding hydrogens is 371 g/mol. The molecule has 0 atom stereocenters. The lowest BCUT2D eigenvalue weighted by molar-refractivity contribution is -0.133. The average Bonchev–Trinajstić information content (AvgIpc) is 3.09. The Balaban J connectivity index is 1.35. The molecule has 1 saturated heterocycles. The number of nitrogens with zero attached hydrogens (tertiary/aromatic N) is 3. The van der Waals surface area contributed by atoms with Crippen molar-refractivity contribution >= 4 is 5.91 Å². The van der Waals surface area contributed by atoms with Crippen molar-refractivity contribution in [2.24, 2.45) is 11.8 Å². The van der Waals surface area contributed by atoms with Crippen LogP contribution in [0.4, 0.5) is 4.39 Å². The van der Waals surface area contributed by atoms with E-state index in [1.165, 1.54) is 42.7 Å². The van der Waals surface area contributed by atoms with Crippen molar-refractivity contribution in [3.05, 3.63) is 46.4 Å². The van der Waals surface area contributed by atoms with E-state index in [0.717, 1.165) is 25.9 Å². The minimum atomic E-state index is -0.444. The van der Waals surface area contributed by atoms with E-state index in [1.807, 2.05) is 4.90 Å². The van der Waals surface area contributed by atoms with Gasteiger partial charge in [0.25, 0.3) is 0 Å². The Bertz CT molecular complexity index is 892. The fourth-order valence-electron chi connectivity index (χ4n) is 4.76. The molecule has 29 heavy (non-hydrogen) atoms. The summed E-state index contributed by atoms with van der Waals surface area (Å²) in [6.07, 6.45) is 9.25. The maximum atomic E-state index is 14.2. The first-order chi connectivity index (χ1) is 14.1. The summed E-state index contributed by atoms with van der Waals surface area (Å²) in [4.78, 5) is 26.8. The number of para-hydroxylation sites is 1. The predicted molar refractivity (Wildman–Crippen MR) is 108 cm³/mol. The van der Waals surface area contributed by atoms with Gasteiger partial charge in [-0.2, -0.15) is 5.10 Å². The van der Waals surface area contributed by atoms with Gasteiger partial charge in [0.05, 0.1) is 5.69 Å². The van der Waals surface area contributed by atoms with Gasteiger partial charge < -0.3 is 4.90 Å². The maximum absolute atomic E-state index is 14.2. The van der Waals surface area contributed by atoms with E-state index < -0.39 is 11.5 Å². The zero-order valence-electron chi connectivity index (χ0n) is 16.8. The lowest BCUT2D eigenvalue weighted by Crippen LogP contribution is -2.40. The first-order valence-corrected chi connectivity index (χ1v) is 10.8. The molecule has 2 aliphatic rings. The Morgan fingerprint density at radius 1 is 1.07 bits per heavy atom. The van der Waals surface area contributed by atoms with Gasteiger partial charge in [-0.05, 0) is 49.7 Å². The Hall–Kier alpha value is -2.44. The number of aromatic amines is 1. The number of benzene rings is 1. The molecule has 7 heteroatoms. The molecule has 2 fully saturated rings. The predicted octanol–water partition coefficient (Wildman–Crippen LogP) is 3.45. The molecule has 4 rings (SSSR count). The van der Waals surface area contributed by atoms with Gasteiger partial charge in [0.15, 0.2) is 0 Å². The average molecular weight is 400 g/mol. The lowest BCUT2D eigenvalue weighted by atomic mass is 9.86. The number of likely N-dealkylation sites (tertiary alicyclic amines) is 1. The quantitative estimate of drug-likeness (QED) is 0.836. The van der Waals surface area contributed by atoms with Crippen LogP contribution in [0.2, 0.25) is 0 Å². The lowest BCUT2D eigenvalue weighted by Gasteiger charge is -2.33. The van der Waals surface area contributed by atoms with Crippen LogP contribution >= 0.6 is 0 Å². The molecule has 6 nitrogen and oxygen atoms in total. The minimum absolute atomic E-state index is 0.223. The molecule has 1 aromatic carbocycles. The third-order valence-corrected chi connectivity index (χ3v) is 6.46. The number of amides is 1. The number of hydrogen-bond acceptors (Lipinski definition) is 3. The molecule has 2 aromatic rings. The van der Waals surface area contributed by atoms with Crippen molar-refractivity contribution in [2.75, 3.05) is 13.1 Å².